The van der Waals surface area contributed by atoms with Gasteiger partial charge in [-0.25, -0.2) is 4.79 Å². The van der Waals surface area contributed by atoms with Crippen molar-refractivity contribution in [3.63, 3.8) is 0 Å². The number of carbonyl (C=O) groups is 2. The highest BCUT2D eigenvalue weighted by molar-refractivity contribution is 5.90. The molecule has 108 valence electrons. The molecule has 1 aromatic rings. The van der Waals surface area contributed by atoms with Gasteiger partial charge in [-0.05, 0) is 36.6 Å². The lowest BCUT2D eigenvalue weighted by Gasteiger charge is -2.24. The van der Waals surface area contributed by atoms with E-state index in [4.69, 9.17) is 9.84 Å². The van der Waals surface area contributed by atoms with Gasteiger partial charge in [-0.15, -0.1) is 0 Å². The highest BCUT2D eigenvalue weighted by atomic mass is 16.5. The standard InChI is InChI=1S/C15H19NO4/c17-14(9-4-11-2-1-3-11)16-12-5-7-13(8-6-12)20-10-15(18)19/h5-8,11H,1-4,9-10H2,(H,16,17)(H,18,19). The zero-order valence-corrected chi connectivity index (χ0v) is 11.3. The summed E-state index contributed by atoms with van der Waals surface area (Å²) >= 11 is 0. The van der Waals surface area contributed by atoms with Crippen LogP contribution in [0.3, 0.4) is 0 Å². The Morgan fingerprint density at radius 2 is 1.95 bits per heavy atom. The maximum Gasteiger partial charge on any atom is 0.341 e. The van der Waals surface area contributed by atoms with Crippen molar-refractivity contribution >= 4 is 17.6 Å². The summed E-state index contributed by atoms with van der Waals surface area (Å²) < 4.78 is 5.02. The third-order valence-electron chi connectivity index (χ3n) is 3.50. The van der Waals surface area contributed by atoms with Crippen LogP contribution in [-0.4, -0.2) is 23.6 Å². The number of carboxylic acids is 1. The predicted octanol–water partition coefficient (Wildman–Crippen LogP) is 2.67. The van der Waals surface area contributed by atoms with E-state index in [1.807, 2.05) is 0 Å². The normalized spacial score (nSPS) is 14.4. The Bertz CT molecular complexity index is 465. The average Bonchev–Trinajstić information content (AvgIpc) is 2.36. The van der Waals surface area contributed by atoms with Crippen LogP contribution in [0.15, 0.2) is 24.3 Å². The largest absolute Gasteiger partial charge is 0.482 e. The summed E-state index contributed by atoms with van der Waals surface area (Å²) in [6.45, 7) is -0.368. The summed E-state index contributed by atoms with van der Waals surface area (Å²) in [6.07, 6.45) is 5.32. The van der Waals surface area contributed by atoms with Crippen LogP contribution >= 0.6 is 0 Å². The lowest BCUT2D eigenvalue weighted by atomic mass is 9.82. The zero-order valence-electron chi connectivity index (χ0n) is 11.3. The van der Waals surface area contributed by atoms with Crippen LogP contribution in [0.4, 0.5) is 5.69 Å². The third-order valence-corrected chi connectivity index (χ3v) is 3.50. The summed E-state index contributed by atoms with van der Waals surface area (Å²) in [5, 5.41) is 11.3. The van der Waals surface area contributed by atoms with E-state index < -0.39 is 5.97 Å². The van der Waals surface area contributed by atoms with Crippen molar-refractivity contribution in [1.29, 1.82) is 0 Å². The van der Waals surface area contributed by atoms with Gasteiger partial charge in [-0.3, -0.25) is 4.79 Å². The number of anilines is 1. The van der Waals surface area contributed by atoms with Crippen molar-refractivity contribution in [2.75, 3.05) is 11.9 Å². The zero-order chi connectivity index (χ0) is 14.4. The van der Waals surface area contributed by atoms with Crippen molar-refractivity contribution in [2.45, 2.75) is 32.1 Å². The van der Waals surface area contributed by atoms with E-state index in [0.717, 1.165) is 12.3 Å². The Balaban J connectivity index is 1.74. The van der Waals surface area contributed by atoms with Crippen molar-refractivity contribution in [1.82, 2.24) is 0 Å². The van der Waals surface area contributed by atoms with E-state index in [2.05, 4.69) is 5.32 Å². The minimum atomic E-state index is -1.02. The molecule has 0 unspecified atom stereocenters. The van der Waals surface area contributed by atoms with Gasteiger partial charge in [0.1, 0.15) is 5.75 Å². The fraction of sp³-hybridized carbons (Fsp3) is 0.467. The Morgan fingerprint density at radius 1 is 1.25 bits per heavy atom. The monoisotopic (exact) mass is 277 g/mol. The van der Waals surface area contributed by atoms with Gasteiger partial charge in [0.15, 0.2) is 6.61 Å². The highest BCUT2D eigenvalue weighted by Gasteiger charge is 2.18. The van der Waals surface area contributed by atoms with Crippen LogP contribution in [0.2, 0.25) is 0 Å². The Hall–Kier alpha value is -2.04. The Labute approximate surface area is 117 Å². The number of carboxylic acid groups (broad SMARTS) is 1. The van der Waals surface area contributed by atoms with Crippen molar-refractivity contribution in [2.24, 2.45) is 5.92 Å². The second-order valence-corrected chi connectivity index (χ2v) is 5.09. The summed E-state index contributed by atoms with van der Waals surface area (Å²) in [4.78, 5) is 22.1. The van der Waals surface area contributed by atoms with Crippen LogP contribution in [0.5, 0.6) is 5.75 Å². The molecule has 1 saturated carbocycles. The molecule has 2 N–H and O–H groups in total. The van der Waals surface area contributed by atoms with Gasteiger partial charge in [-0.1, -0.05) is 19.3 Å². The molecule has 0 aromatic heterocycles. The minimum absolute atomic E-state index is 0.0242. The molecule has 0 spiro atoms. The number of hydrogen-bond acceptors (Lipinski definition) is 3. The lowest BCUT2D eigenvalue weighted by Crippen LogP contribution is -2.16. The summed E-state index contributed by atoms with van der Waals surface area (Å²) in [6, 6.07) is 6.70. The van der Waals surface area contributed by atoms with E-state index in [9.17, 15) is 9.59 Å². The third kappa shape index (κ3) is 4.57. The van der Waals surface area contributed by atoms with E-state index in [1.54, 1.807) is 24.3 Å². The topological polar surface area (TPSA) is 75.6 Å². The molecule has 0 heterocycles. The summed E-state index contributed by atoms with van der Waals surface area (Å²) in [5.41, 5.74) is 0.700. The summed E-state index contributed by atoms with van der Waals surface area (Å²) in [7, 11) is 0. The fourth-order valence-corrected chi connectivity index (χ4v) is 2.12. The molecule has 0 radical (unpaired) electrons. The molecule has 1 aromatic carbocycles. The molecule has 1 fully saturated rings. The molecule has 0 atom stereocenters. The number of rotatable bonds is 7. The second-order valence-electron chi connectivity index (χ2n) is 5.09. The summed E-state index contributed by atoms with van der Waals surface area (Å²) in [5.74, 6) is 0.210. The van der Waals surface area contributed by atoms with Crippen LogP contribution < -0.4 is 10.1 Å². The molecule has 1 aliphatic carbocycles. The first-order chi connectivity index (χ1) is 9.63. The molecule has 5 heteroatoms. The lowest BCUT2D eigenvalue weighted by molar-refractivity contribution is -0.139. The van der Waals surface area contributed by atoms with Gasteiger partial charge in [-0.2, -0.15) is 0 Å². The molecule has 0 aliphatic heterocycles. The van der Waals surface area contributed by atoms with Crippen LogP contribution in [0.1, 0.15) is 32.1 Å². The smallest absolute Gasteiger partial charge is 0.341 e. The van der Waals surface area contributed by atoms with E-state index >= 15 is 0 Å². The van der Waals surface area contributed by atoms with Crippen molar-refractivity contribution in [3.8, 4) is 5.75 Å². The second kappa shape index (κ2) is 6.93. The maximum absolute atomic E-state index is 11.7. The molecule has 1 aliphatic rings. The average molecular weight is 277 g/mol. The van der Waals surface area contributed by atoms with Crippen molar-refractivity contribution in [3.05, 3.63) is 24.3 Å². The van der Waals surface area contributed by atoms with Crippen LogP contribution in [0, 0.1) is 5.92 Å². The predicted molar refractivity (Wildman–Crippen MR) is 74.8 cm³/mol. The molecule has 20 heavy (non-hydrogen) atoms. The van der Waals surface area contributed by atoms with Gasteiger partial charge < -0.3 is 15.2 Å². The first-order valence-electron chi connectivity index (χ1n) is 6.88. The van der Waals surface area contributed by atoms with E-state index in [1.165, 1.54) is 19.3 Å². The van der Waals surface area contributed by atoms with Gasteiger partial charge in [0.25, 0.3) is 0 Å². The quantitative estimate of drug-likeness (QED) is 0.803. The van der Waals surface area contributed by atoms with E-state index in [-0.39, 0.29) is 12.5 Å². The highest BCUT2D eigenvalue weighted by Crippen LogP contribution is 2.30. The molecular weight excluding hydrogens is 258 g/mol. The minimum Gasteiger partial charge on any atom is -0.482 e. The molecule has 0 saturated heterocycles. The molecule has 2 rings (SSSR count). The number of benzene rings is 1. The number of nitrogens with one attached hydrogen (secondary N) is 1. The van der Waals surface area contributed by atoms with Crippen LogP contribution in [0.25, 0.3) is 0 Å². The van der Waals surface area contributed by atoms with Gasteiger partial charge >= 0.3 is 5.97 Å². The number of hydrogen-bond donors (Lipinski definition) is 2. The molecule has 1 amide bonds. The maximum atomic E-state index is 11.7. The van der Waals surface area contributed by atoms with E-state index in [0.29, 0.717) is 17.9 Å². The number of ether oxygens (including phenoxy) is 1. The SMILES string of the molecule is O=C(O)COc1ccc(NC(=O)CCC2CCC2)cc1. The van der Waals surface area contributed by atoms with Gasteiger partial charge in [0.05, 0.1) is 0 Å². The van der Waals surface area contributed by atoms with Gasteiger partial charge in [0, 0.05) is 12.1 Å². The Kier molecular flexibility index (Phi) is 4.98. The molecule has 0 bridgehead atoms. The number of aliphatic carboxylic acids is 1. The fourth-order valence-electron chi connectivity index (χ4n) is 2.12. The van der Waals surface area contributed by atoms with Gasteiger partial charge in [0.2, 0.25) is 5.91 Å². The first kappa shape index (κ1) is 14.4. The Morgan fingerprint density at radius 3 is 2.50 bits per heavy atom. The molecular formula is C15H19NO4. The molecule has 5 nitrogen and oxygen atoms in total. The van der Waals surface area contributed by atoms with Crippen molar-refractivity contribution < 1.29 is 19.4 Å². The number of carbonyl (C=O) groups excluding carboxylic acids is 1. The number of amides is 1. The first-order valence-corrected chi connectivity index (χ1v) is 6.88. The van der Waals surface area contributed by atoms with Crippen LogP contribution in [-0.2, 0) is 9.59 Å².